The minimum Gasteiger partial charge on any atom is -0.497 e. The SMILES string of the molecule is COc1ccc(/C(=C/c2ccccc2)CC(C)C)cc1. The number of benzene rings is 2. The van der Waals surface area contributed by atoms with Crippen LogP contribution in [0.2, 0.25) is 0 Å². The van der Waals surface area contributed by atoms with E-state index in [2.05, 4.69) is 56.3 Å². The fraction of sp³-hybridized carbons (Fsp3) is 0.263. The standard InChI is InChI=1S/C19H22O/c1-15(2)13-18(14-16-7-5-4-6-8-16)17-9-11-19(20-3)12-10-17/h4-12,14-15H,13H2,1-3H3/b18-14+. The zero-order valence-corrected chi connectivity index (χ0v) is 12.5. The van der Waals surface area contributed by atoms with Crippen LogP contribution in [0.15, 0.2) is 54.6 Å². The van der Waals surface area contributed by atoms with Crippen LogP contribution in [0.5, 0.6) is 5.75 Å². The minimum atomic E-state index is 0.632. The lowest BCUT2D eigenvalue weighted by molar-refractivity contribution is 0.415. The van der Waals surface area contributed by atoms with Crippen molar-refractivity contribution in [2.75, 3.05) is 7.11 Å². The highest BCUT2D eigenvalue weighted by molar-refractivity contribution is 5.81. The molecule has 0 heterocycles. The van der Waals surface area contributed by atoms with Crippen LogP contribution < -0.4 is 4.74 Å². The van der Waals surface area contributed by atoms with Gasteiger partial charge in [-0.2, -0.15) is 0 Å². The summed E-state index contributed by atoms with van der Waals surface area (Å²) >= 11 is 0. The Hall–Kier alpha value is -2.02. The lowest BCUT2D eigenvalue weighted by Crippen LogP contribution is -1.92. The molecule has 0 bridgehead atoms. The lowest BCUT2D eigenvalue weighted by Gasteiger charge is -2.12. The average Bonchev–Trinajstić information content (AvgIpc) is 2.47. The molecule has 20 heavy (non-hydrogen) atoms. The Morgan fingerprint density at radius 1 is 1.00 bits per heavy atom. The molecular formula is C19H22O. The number of rotatable bonds is 5. The molecule has 0 aliphatic rings. The minimum absolute atomic E-state index is 0.632. The summed E-state index contributed by atoms with van der Waals surface area (Å²) < 4.78 is 5.23. The summed E-state index contributed by atoms with van der Waals surface area (Å²) in [6.07, 6.45) is 3.35. The van der Waals surface area contributed by atoms with E-state index in [4.69, 9.17) is 4.74 Å². The van der Waals surface area contributed by atoms with E-state index in [1.54, 1.807) is 7.11 Å². The molecule has 0 fully saturated rings. The monoisotopic (exact) mass is 266 g/mol. The number of hydrogen-bond acceptors (Lipinski definition) is 1. The summed E-state index contributed by atoms with van der Waals surface area (Å²) in [5, 5.41) is 0. The highest BCUT2D eigenvalue weighted by Gasteiger charge is 2.05. The third-order valence-corrected chi connectivity index (χ3v) is 3.23. The van der Waals surface area contributed by atoms with E-state index in [0.29, 0.717) is 5.92 Å². The molecule has 0 aliphatic heterocycles. The molecule has 2 rings (SSSR count). The molecule has 0 unspecified atom stereocenters. The van der Waals surface area contributed by atoms with Crippen molar-refractivity contribution in [1.82, 2.24) is 0 Å². The van der Waals surface area contributed by atoms with Gasteiger partial charge in [-0.15, -0.1) is 0 Å². The Morgan fingerprint density at radius 3 is 2.20 bits per heavy atom. The summed E-state index contributed by atoms with van der Waals surface area (Å²) in [7, 11) is 1.70. The zero-order valence-electron chi connectivity index (χ0n) is 12.5. The normalized spacial score (nSPS) is 11.7. The first kappa shape index (κ1) is 14.4. The van der Waals surface area contributed by atoms with Gasteiger partial charge in [0.25, 0.3) is 0 Å². The maximum absolute atomic E-state index is 5.23. The molecule has 0 spiro atoms. The quantitative estimate of drug-likeness (QED) is 0.669. The Bertz CT molecular complexity index is 550. The molecule has 0 saturated heterocycles. The van der Waals surface area contributed by atoms with Crippen LogP contribution in [0.3, 0.4) is 0 Å². The zero-order chi connectivity index (χ0) is 14.4. The summed E-state index contributed by atoms with van der Waals surface area (Å²) in [5.41, 5.74) is 3.89. The average molecular weight is 266 g/mol. The summed E-state index contributed by atoms with van der Waals surface area (Å²) in [4.78, 5) is 0. The van der Waals surface area contributed by atoms with Crippen LogP contribution in [0, 0.1) is 5.92 Å². The van der Waals surface area contributed by atoms with Crippen molar-refractivity contribution in [1.29, 1.82) is 0 Å². The van der Waals surface area contributed by atoms with E-state index < -0.39 is 0 Å². The van der Waals surface area contributed by atoms with Gasteiger partial charge in [-0.3, -0.25) is 0 Å². The highest BCUT2D eigenvalue weighted by atomic mass is 16.5. The first-order valence-corrected chi connectivity index (χ1v) is 7.09. The van der Waals surface area contributed by atoms with Gasteiger partial charge in [-0.25, -0.2) is 0 Å². The molecule has 104 valence electrons. The van der Waals surface area contributed by atoms with Crippen molar-refractivity contribution in [3.05, 3.63) is 65.7 Å². The van der Waals surface area contributed by atoms with E-state index in [9.17, 15) is 0 Å². The third kappa shape index (κ3) is 3.99. The molecular weight excluding hydrogens is 244 g/mol. The van der Waals surface area contributed by atoms with Gasteiger partial charge in [0.15, 0.2) is 0 Å². The van der Waals surface area contributed by atoms with Gasteiger partial charge in [-0.1, -0.05) is 62.4 Å². The number of hydrogen-bond donors (Lipinski definition) is 0. The van der Waals surface area contributed by atoms with Crippen molar-refractivity contribution in [2.45, 2.75) is 20.3 Å². The second kappa shape index (κ2) is 6.95. The molecule has 0 radical (unpaired) electrons. The van der Waals surface area contributed by atoms with Gasteiger partial charge in [0.05, 0.1) is 7.11 Å². The van der Waals surface area contributed by atoms with E-state index >= 15 is 0 Å². The number of ether oxygens (including phenoxy) is 1. The van der Waals surface area contributed by atoms with Crippen molar-refractivity contribution < 1.29 is 4.74 Å². The van der Waals surface area contributed by atoms with Crippen molar-refractivity contribution in [3.63, 3.8) is 0 Å². The van der Waals surface area contributed by atoms with Crippen molar-refractivity contribution >= 4 is 11.6 Å². The topological polar surface area (TPSA) is 9.23 Å². The molecule has 2 aromatic carbocycles. The van der Waals surface area contributed by atoms with Crippen LogP contribution in [0.1, 0.15) is 31.4 Å². The Balaban J connectivity index is 2.33. The van der Waals surface area contributed by atoms with Crippen LogP contribution in [-0.4, -0.2) is 7.11 Å². The predicted octanol–water partition coefficient (Wildman–Crippen LogP) is 5.28. The number of methoxy groups -OCH3 is 1. The van der Waals surface area contributed by atoms with Crippen molar-refractivity contribution in [2.24, 2.45) is 5.92 Å². The molecule has 0 amide bonds. The molecule has 2 aromatic rings. The predicted molar refractivity (Wildman–Crippen MR) is 86.8 cm³/mol. The first-order valence-electron chi connectivity index (χ1n) is 7.09. The molecule has 0 aromatic heterocycles. The van der Waals surface area contributed by atoms with Crippen LogP contribution in [0.25, 0.3) is 11.6 Å². The van der Waals surface area contributed by atoms with Gasteiger partial charge in [-0.05, 0) is 41.2 Å². The Morgan fingerprint density at radius 2 is 1.65 bits per heavy atom. The lowest BCUT2D eigenvalue weighted by atomic mass is 9.94. The molecule has 1 nitrogen and oxygen atoms in total. The maximum atomic E-state index is 5.23. The molecule has 1 heteroatoms. The molecule has 0 atom stereocenters. The van der Waals surface area contributed by atoms with Gasteiger partial charge in [0.1, 0.15) is 5.75 Å². The smallest absolute Gasteiger partial charge is 0.118 e. The van der Waals surface area contributed by atoms with Crippen molar-refractivity contribution in [3.8, 4) is 5.75 Å². The first-order chi connectivity index (χ1) is 9.69. The maximum Gasteiger partial charge on any atom is 0.118 e. The molecule has 0 saturated carbocycles. The van der Waals surface area contributed by atoms with E-state index in [1.165, 1.54) is 16.7 Å². The fourth-order valence-electron chi connectivity index (χ4n) is 2.26. The van der Waals surface area contributed by atoms with E-state index in [1.807, 2.05) is 18.2 Å². The highest BCUT2D eigenvalue weighted by Crippen LogP contribution is 2.26. The van der Waals surface area contributed by atoms with E-state index in [0.717, 1.165) is 12.2 Å². The molecule has 0 N–H and O–H groups in total. The Kier molecular flexibility index (Phi) is 5.00. The van der Waals surface area contributed by atoms with Crippen LogP contribution in [-0.2, 0) is 0 Å². The fourth-order valence-corrected chi connectivity index (χ4v) is 2.26. The Labute approximate surface area is 121 Å². The van der Waals surface area contributed by atoms with Gasteiger partial charge >= 0.3 is 0 Å². The molecule has 0 aliphatic carbocycles. The number of allylic oxidation sites excluding steroid dienone is 1. The van der Waals surface area contributed by atoms with Crippen LogP contribution in [0.4, 0.5) is 0 Å². The second-order valence-electron chi connectivity index (χ2n) is 5.41. The van der Waals surface area contributed by atoms with Gasteiger partial charge in [0.2, 0.25) is 0 Å². The largest absolute Gasteiger partial charge is 0.497 e. The summed E-state index contributed by atoms with van der Waals surface area (Å²) in [6, 6.07) is 18.8. The summed E-state index contributed by atoms with van der Waals surface area (Å²) in [6.45, 7) is 4.50. The van der Waals surface area contributed by atoms with Gasteiger partial charge < -0.3 is 4.74 Å². The van der Waals surface area contributed by atoms with Gasteiger partial charge in [0, 0.05) is 0 Å². The van der Waals surface area contributed by atoms with E-state index in [-0.39, 0.29) is 0 Å². The third-order valence-electron chi connectivity index (χ3n) is 3.23. The second-order valence-corrected chi connectivity index (χ2v) is 5.41. The van der Waals surface area contributed by atoms with Crippen LogP contribution >= 0.6 is 0 Å². The summed E-state index contributed by atoms with van der Waals surface area (Å²) in [5.74, 6) is 1.53.